The molecule has 0 amide bonds. The second kappa shape index (κ2) is 4.13. The van der Waals surface area contributed by atoms with Crippen LogP contribution in [0.2, 0.25) is 0 Å². The Morgan fingerprint density at radius 3 is 3.00 bits per heavy atom. The molecule has 0 aliphatic heterocycles. The Hall–Kier alpha value is -1.82. The van der Waals surface area contributed by atoms with Gasteiger partial charge in [-0.3, -0.25) is 0 Å². The molecule has 3 aromatic rings. The lowest BCUT2D eigenvalue weighted by atomic mass is 10.3. The molecule has 0 unspecified atom stereocenters. The number of halogens is 2. The van der Waals surface area contributed by atoms with Crippen LogP contribution in [0, 0.1) is 5.82 Å². The largest absolute Gasteiger partial charge is 0.472 e. The molecule has 3 rings (SSSR count). The number of hydrogen-bond donors (Lipinski definition) is 1. The van der Waals surface area contributed by atoms with Gasteiger partial charge in [0.2, 0.25) is 5.95 Å². The molecule has 0 bridgehead atoms. The fraction of sp³-hybridized carbons (Fsp3) is 0.0833. The number of rotatable bonds is 2. The molecule has 2 heterocycles. The van der Waals surface area contributed by atoms with Crippen LogP contribution in [0.5, 0.6) is 0 Å². The molecule has 0 fully saturated rings. The van der Waals surface area contributed by atoms with E-state index in [4.69, 9.17) is 10.2 Å². The molecule has 0 saturated heterocycles. The maximum Gasteiger partial charge on any atom is 0.201 e. The molecular formula is C12H9BrFN3O. The monoisotopic (exact) mass is 309 g/mol. The lowest BCUT2D eigenvalue weighted by molar-refractivity contribution is 0.562. The average Bonchev–Trinajstić information content (AvgIpc) is 2.92. The topological polar surface area (TPSA) is 57.0 Å². The third-order valence-corrected chi connectivity index (χ3v) is 3.35. The molecule has 92 valence electrons. The van der Waals surface area contributed by atoms with Crippen molar-refractivity contribution in [3.05, 3.63) is 46.6 Å². The molecule has 6 heteroatoms. The smallest absolute Gasteiger partial charge is 0.201 e. The molecule has 0 saturated carbocycles. The molecule has 4 nitrogen and oxygen atoms in total. The van der Waals surface area contributed by atoms with E-state index in [2.05, 4.69) is 20.9 Å². The minimum atomic E-state index is -0.337. The van der Waals surface area contributed by atoms with Crippen LogP contribution in [0.25, 0.3) is 11.0 Å². The number of furan rings is 1. The number of benzene rings is 1. The van der Waals surface area contributed by atoms with Crippen molar-refractivity contribution in [2.24, 2.45) is 0 Å². The van der Waals surface area contributed by atoms with Gasteiger partial charge in [0.1, 0.15) is 5.82 Å². The molecule has 0 spiro atoms. The SMILES string of the molecule is Nc1nc2cc(Br)c(F)cc2n1Cc1ccoc1. The quantitative estimate of drug-likeness (QED) is 0.791. The highest BCUT2D eigenvalue weighted by Crippen LogP contribution is 2.25. The van der Waals surface area contributed by atoms with Gasteiger partial charge < -0.3 is 14.7 Å². The van der Waals surface area contributed by atoms with E-state index in [1.54, 1.807) is 23.2 Å². The minimum Gasteiger partial charge on any atom is -0.472 e. The fourth-order valence-electron chi connectivity index (χ4n) is 1.87. The molecule has 0 aliphatic carbocycles. The molecule has 0 atom stereocenters. The van der Waals surface area contributed by atoms with Crippen molar-refractivity contribution in [1.29, 1.82) is 0 Å². The number of aromatic nitrogens is 2. The number of nitrogen functional groups attached to an aromatic ring is 1. The molecular weight excluding hydrogens is 301 g/mol. The number of imidazole rings is 1. The van der Waals surface area contributed by atoms with Crippen LogP contribution in [-0.4, -0.2) is 9.55 Å². The van der Waals surface area contributed by atoms with Crippen molar-refractivity contribution in [3.8, 4) is 0 Å². The van der Waals surface area contributed by atoms with Crippen molar-refractivity contribution in [1.82, 2.24) is 9.55 Å². The van der Waals surface area contributed by atoms with E-state index in [1.165, 1.54) is 6.07 Å². The lowest BCUT2D eigenvalue weighted by Gasteiger charge is -2.04. The summed E-state index contributed by atoms with van der Waals surface area (Å²) in [5.74, 6) is 0.0135. The summed E-state index contributed by atoms with van der Waals surface area (Å²) in [6, 6.07) is 4.87. The van der Waals surface area contributed by atoms with Crippen LogP contribution in [0.1, 0.15) is 5.56 Å². The van der Waals surface area contributed by atoms with Gasteiger partial charge in [-0.2, -0.15) is 0 Å². The van der Waals surface area contributed by atoms with Crippen LogP contribution in [0.3, 0.4) is 0 Å². The first-order valence-electron chi connectivity index (χ1n) is 5.27. The van der Waals surface area contributed by atoms with E-state index in [0.717, 1.165) is 5.56 Å². The molecule has 2 aromatic heterocycles. The van der Waals surface area contributed by atoms with E-state index in [9.17, 15) is 4.39 Å². The van der Waals surface area contributed by atoms with E-state index in [0.29, 0.717) is 28.0 Å². The maximum absolute atomic E-state index is 13.6. The Morgan fingerprint density at radius 2 is 2.28 bits per heavy atom. The second-order valence-corrected chi connectivity index (χ2v) is 4.80. The van der Waals surface area contributed by atoms with Gasteiger partial charge in [-0.05, 0) is 28.1 Å². The van der Waals surface area contributed by atoms with Crippen molar-refractivity contribution in [2.75, 3.05) is 5.73 Å². The molecule has 0 aliphatic rings. The van der Waals surface area contributed by atoms with Gasteiger partial charge in [0.05, 0.1) is 34.6 Å². The van der Waals surface area contributed by atoms with E-state index in [1.807, 2.05) is 6.07 Å². The third kappa shape index (κ3) is 1.78. The van der Waals surface area contributed by atoms with Crippen molar-refractivity contribution >= 4 is 32.9 Å². The third-order valence-electron chi connectivity index (χ3n) is 2.74. The minimum absolute atomic E-state index is 0.337. The summed E-state index contributed by atoms with van der Waals surface area (Å²) >= 11 is 3.13. The number of nitrogens with zero attached hydrogens (tertiary/aromatic N) is 2. The summed E-state index contributed by atoms with van der Waals surface area (Å²) in [4.78, 5) is 4.21. The molecule has 1 aromatic carbocycles. The van der Waals surface area contributed by atoms with Crippen LogP contribution >= 0.6 is 15.9 Å². The van der Waals surface area contributed by atoms with Crippen LogP contribution < -0.4 is 5.73 Å². The Kier molecular flexibility index (Phi) is 2.59. The van der Waals surface area contributed by atoms with Crippen LogP contribution in [0.4, 0.5) is 10.3 Å². The zero-order valence-corrected chi connectivity index (χ0v) is 10.8. The zero-order valence-electron chi connectivity index (χ0n) is 9.23. The Labute approximate surface area is 110 Å². The number of fused-ring (bicyclic) bond motifs is 1. The predicted octanol–water partition coefficient (Wildman–Crippen LogP) is 3.16. The standard InChI is InChI=1S/C12H9BrFN3O/c13-8-3-10-11(4-9(8)14)17(12(15)16-10)5-7-1-2-18-6-7/h1-4,6H,5H2,(H2,15,16). The van der Waals surface area contributed by atoms with Gasteiger partial charge in [0.15, 0.2) is 0 Å². The van der Waals surface area contributed by atoms with Gasteiger partial charge in [-0.1, -0.05) is 0 Å². The summed E-state index contributed by atoms with van der Waals surface area (Å²) in [5.41, 5.74) is 8.12. The number of anilines is 1. The first-order valence-corrected chi connectivity index (χ1v) is 6.06. The normalized spacial score (nSPS) is 11.2. The number of nitrogens with two attached hydrogens (primary N) is 1. The van der Waals surface area contributed by atoms with Gasteiger partial charge >= 0.3 is 0 Å². The summed E-state index contributed by atoms with van der Waals surface area (Å²) < 4.78 is 20.7. The Bertz CT molecular complexity index is 706. The highest BCUT2D eigenvalue weighted by Gasteiger charge is 2.12. The van der Waals surface area contributed by atoms with Crippen LogP contribution in [-0.2, 0) is 6.54 Å². The fourth-order valence-corrected chi connectivity index (χ4v) is 2.20. The molecule has 2 N–H and O–H groups in total. The summed E-state index contributed by atoms with van der Waals surface area (Å²) in [7, 11) is 0. The first-order chi connectivity index (χ1) is 8.65. The van der Waals surface area contributed by atoms with Crippen molar-refractivity contribution in [3.63, 3.8) is 0 Å². The van der Waals surface area contributed by atoms with Gasteiger partial charge in [0.25, 0.3) is 0 Å². The summed E-state index contributed by atoms with van der Waals surface area (Å²) in [6.45, 7) is 0.500. The predicted molar refractivity (Wildman–Crippen MR) is 69.6 cm³/mol. The van der Waals surface area contributed by atoms with Crippen molar-refractivity contribution in [2.45, 2.75) is 6.54 Å². The van der Waals surface area contributed by atoms with Crippen molar-refractivity contribution < 1.29 is 8.81 Å². The van der Waals surface area contributed by atoms with E-state index in [-0.39, 0.29) is 5.82 Å². The maximum atomic E-state index is 13.6. The van der Waals surface area contributed by atoms with E-state index >= 15 is 0 Å². The Balaban J connectivity index is 2.16. The lowest BCUT2D eigenvalue weighted by Crippen LogP contribution is -2.03. The van der Waals surface area contributed by atoms with Gasteiger partial charge in [-0.25, -0.2) is 9.37 Å². The highest BCUT2D eigenvalue weighted by atomic mass is 79.9. The van der Waals surface area contributed by atoms with Gasteiger partial charge in [0, 0.05) is 11.6 Å². The second-order valence-electron chi connectivity index (χ2n) is 3.94. The van der Waals surface area contributed by atoms with Crippen LogP contribution in [0.15, 0.2) is 39.6 Å². The highest BCUT2D eigenvalue weighted by molar-refractivity contribution is 9.10. The first kappa shape index (κ1) is 11.3. The number of hydrogen-bond acceptors (Lipinski definition) is 3. The van der Waals surface area contributed by atoms with Gasteiger partial charge in [-0.15, -0.1) is 0 Å². The molecule has 0 radical (unpaired) electrons. The summed E-state index contributed by atoms with van der Waals surface area (Å²) in [5, 5.41) is 0. The zero-order chi connectivity index (χ0) is 12.7. The van der Waals surface area contributed by atoms with E-state index < -0.39 is 0 Å². The Morgan fingerprint density at radius 1 is 1.44 bits per heavy atom. The average molecular weight is 310 g/mol. The molecule has 18 heavy (non-hydrogen) atoms. The summed E-state index contributed by atoms with van der Waals surface area (Å²) in [6.07, 6.45) is 3.21.